The number of carbonyl (C=O) groups is 1. The number of hydrogen-bond acceptors (Lipinski definition) is 7. The second kappa shape index (κ2) is 8.73. The van der Waals surface area contributed by atoms with Crippen molar-refractivity contribution >= 4 is 11.9 Å². The molecule has 0 saturated carbocycles. The molecule has 1 aromatic rings. The summed E-state index contributed by atoms with van der Waals surface area (Å²) in [5.74, 6) is 1.70. The van der Waals surface area contributed by atoms with E-state index in [4.69, 9.17) is 9.72 Å². The predicted octanol–water partition coefficient (Wildman–Crippen LogP) is 1.40. The molecule has 1 saturated heterocycles. The van der Waals surface area contributed by atoms with Crippen LogP contribution in [0.4, 0.5) is 5.95 Å². The Balaban J connectivity index is 1.40. The highest BCUT2D eigenvalue weighted by Gasteiger charge is 2.26. The van der Waals surface area contributed by atoms with Gasteiger partial charge in [0.15, 0.2) is 0 Å². The number of hydrogen-bond donors (Lipinski definition) is 1. The van der Waals surface area contributed by atoms with Crippen LogP contribution in [0.25, 0.3) is 0 Å². The summed E-state index contributed by atoms with van der Waals surface area (Å²) in [6, 6.07) is 0.167. The molecule has 2 aliphatic heterocycles. The molecule has 1 unspecified atom stereocenters. The molecule has 3 heterocycles. The molecule has 0 bridgehead atoms. The highest BCUT2D eigenvalue weighted by molar-refractivity contribution is 5.78. The van der Waals surface area contributed by atoms with Crippen LogP contribution in [0.5, 0.6) is 0 Å². The van der Waals surface area contributed by atoms with Gasteiger partial charge in [-0.3, -0.25) is 9.69 Å². The zero-order valence-corrected chi connectivity index (χ0v) is 17.0. The van der Waals surface area contributed by atoms with Crippen molar-refractivity contribution in [2.45, 2.75) is 32.2 Å². The molecule has 1 aromatic heterocycles. The van der Waals surface area contributed by atoms with Crippen molar-refractivity contribution in [2.24, 2.45) is 0 Å². The standard InChI is InChI=1S/C21H28N6O2/c1-15(2)23-20(28)14-26-8-10-27(11-9-26)21-24-18(13-22-25-21)16-5-3-7-19-17(16)6-4-12-29-19/h3,5-7,13,15-16H,4,8-12,14H2,1-2H3,(H,23,28). The fourth-order valence-electron chi connectivity index (χ4n) is 3.87. The Labute approximate surface area is 171 Å². The van der Waals surface area contributed by atoms with Gasteiger partial charge >= 0.3 is 0 Å². The Morgan fingerprint density at radius 3 is 2.93 bits per heavy atom. The molecule has 1 N–H and O–H groups in total. The maximum atomic E-state index is 12.0. The minimum Gasteiger partial charge on any atom is -0.493 e. The third kappa shape index (κ3) is 4.64. The minimum atomic E-state index is 0.0468. The number of nitrogens with zero attached hydrogens (tertiary/aromatic N) is 5. The normalized spacial score (nSPS) is 21.9. The van der Waals surface area contributed by atoms with Crippen LogP contribution in [0.2, 0.25) is 0 Å². The largest absolute Gasteiger partial charge is 0.493 e. The molecule has 1 amide bonds. The van der Waals surface area contributed by atoms with Crippen molar-refractivity contribution in [1.29, 1.82) is 0 Å². The van der Waals surface area contributed by atoms with Gasteiger partial charge in [0.1, 0.15) is 5.76 Å². The molecule has 0 radical (unpaired) electrons. The molecular weight excluding hydrogens is 368 g/mol. The van der Waals surface area contributed by atoms with E-state index in [0.717, 1.165) is 56.2 Å². The molecule has 4 rings (SSSR count). The third-order valence-corrected chi connectivity index (χ3v) is 5.27. The fraction of sp³-hybridized carbons (Fsp3) is 0.524. The molecular formula is C21H28N6O2. The highest BCUT2D eigenvalue weighted by atomic mass is 16.5. The number of anilines is 1. The highest BCUT2D eigenvalue weighted by Crippen LogP contribution is 2.36. The zero-order valence-electron chi connectivity index (χ0n) is 17.0. The van der Waals surface area contributed by atoms with Gasteiger partial charge in [-0.15, -0.1) is 5.10 Å². The molecule has 154 valence electrons. The van der Waals surface area contributed by atoms with Crippen LogP contribution < -0.4 is 10.2 Å². The average molecular weight is 396 g/mol. The first-order valence-corrected chi connectivity index (χ1v) is 10.3. The summed E-state index contributed by atoms with van der Waals surface area (Å²) in [7, 11) is 0. The van der Waals surface area contributed by atoms with E-state index in [-0.39, 0.29) is 17.9 Å². The van der Waals surface area contributed by atoms with Crippen molar-refractivity contribution in [3.8, 4) is 0 Å². The number of allylic oxidation sites excluding steroid dienone is 4. The van der Waals surface area contributed by atoms with E-state index in [1.165, 1.54) is 0 Å². The molecule has 1 atom stereocenters. The molecule has 8 nitrogen and oxygen atoms in total. The van der Waals surface area contributed by atoms with Gasteiger partial charge in [-0.25, -0.2) is 4.98 Å². The zero-order chi connectivity index (χ0) is 20.2. The Kier molecular flexibility index (Phi) is 5.89. The van der Waals surface area contributed by atoms with Crippen LogP contribution in [-0.4, -0.2) is 71.4 Å². The first-order valence-electron chi connectivity index (χ1n) is 10.3. The number of rotatable bonds is 5. The summed E-state index contributed by atoms with van der Waals surface area (Å²) in [6.07, 6.45) is 11.0. The summed E-state index contributed by atoms with van der Waals surface area (Å²) in [5.41, 5.74) is 2.04. The first-order chi connectivity index (χ1) is 14.1. The number of nitrogens with one attached hydrogen (secondary N) is 1. The lowest BCUT2D eigenvalue weighted by Gasteiger charge is -2.34. The van der Waals surface area contributed by atoms with Gasteiger partial charge in [0.2, 0.25) is 11.9 Å². The van der Waals surface area contributed by atoms with Crippen LogP contribution in [0, 0.1) is 0 Å². The van der Waals surface area contributed by atoms with Crippen LogP contribution in [0.1, 0.15) is 31.9 Å². The van der Waals surface area contributed by atoms with Gasteiger partial charge in [-0.05, 0) is 19.9 Å². The average Bonchev–Trinajstić information content (AvgIpc) is 2.73. The monoisotopic (exact) mass is 396 g/mol. The molecule has 29 heavy (non-hydrogen) atoms. The third-order valence-electron chi connectivity index (χ3n) is 5.27. The van der Waals surface area contributed by atoms with Gasteiger partial charge in [0.25, 0.3) is 0 Å². The van der Waals surface area contributed by atoms with Crippen molar-refractivity contribution in [3.63, 3.8) is 0 Å². The van der Waals surface area contributed by atoms with Crippen LogP contribution >= 0.6 is 0 Å². The van der Waals surface area contributed by atoms with E-state index >= 15 is 0 Å². The van der Waals surface area contributed by atoms with Crippen LogP contribution in [-0.2, 0) is 9.53 Å². The second-order valence-electron chi connectivity index (χ2n) is 7.86. The van der Waals surface area contributed by atoms with Gasteiger partial charge < -0.3 is 15.0 Å². The Morgan fingerprint density at radius 2 is 2.14 bits per heavy atom. The van der Waals surface area contributed by atoms with E-state index in [9.17, 15) is 4.79 Å². The smallest absolute Gasteiger partial charge is 0.245 e. The maximum absolute atomic E-state index is 12.0. The number of ether oxygens (including phenoxy) is 1. The van der Waals surface area contributed by atoms with Crippen molar-refractivity contribution < 1.29 is 9.53 Å². The van der Waals surface area contributed by atoms with Gasteiger partial charge in [0, 0.05) is 50.1 Å². The number of carbonyl (C=O) groups excluding carboxylic acids is 1. The van der Waals surface area contributed by atoms with Crippen molar-refractivity contribution in [1.82, 2.24) is 25.4 Å². The van der Waals surface area contributed by atoms with E-state index in [1.807, 2.05) is 26.0 Å². The van der Waals surface area contributed by atoms with E-state index < -0.39 is 0 Å². The minimum absolute atomic E-state index is 0.0468. The van der Waals surface area contributed by atoms with Crippen LogP contribution in [0.15, 0.2) is 41.8 Å². The summed E-state index contributed by atoms with van der Waals surface area (Å²) in [4.78, 5) is 21.1. The number of piperazine rings is 1. The summed E-state index contributed by atoms with van der Waals surface area (Å²) >= 11 is 0. The Morgan fingerprint density at radius 1 is 1.31 bits per heavy atom. The number of aromatic nitrogens is 3. The molecule has 0 spiro atoms. The van der Waals surface area contributed by atoms with E-state index in [0.29, 0.717) is 12.5 Å². The van der Waals surface area contributed by atoms with Gasteiger partial charge in [-0.2, -0.15) is 5.10 Å². The van der Waals surface area contributed by atoms with Crippen LogP contribution in [0.3, 0.4) is 0 Å². The van der Waals surface area contributed by atoms with Gasteiger partial charge in [-0.1, -0.05) is 18.2 Å². The van der Waals surface area contributed by atoms with Gasteiger partial charge in [0.05, 0.1) is 25.0 Å². The molecule has 1 fully saturated rings. The maximum Gasteiger partial charge on any atom is 0.245 e. The Hall–Kier alpha value is -2.74. The second-order valence-corrected chi connectivity index (χ2v) is 7.86. The van der Waals surface area contributed by atoms with E-state index in [1.54, 1.807) is 6.20 Å². The quantitative estimate of drug-likeness (QED) is 0.805. The van der Waals surface area contributed by atoms with Crippen molar-refractivity contribution in [2.75, 3.05) is 44.2 Å². The molecule has 0 aromatic carbocycles. The lowest BCUT2D eigenvalue weighted by molar-refractivity contribution is -0.122. The lowest BCUT2D eigenvalue weighted by atomic mass is 9.88. The predicted molar refractivity (Wildman–Crippen MR) is 110 cm³/mol. The fourth-order valence-corrected chi connectivity index (χ4v) is 3.87. The van der Waals surface area contributed by atoms with E-state index in [2.05, 4.69) is 37.5 Å². The first kappa shape index (κ1) is 19.6. The summed E-state index contributed by atoms with van der Waals surface area (Å²) < 4.78 is 5.78. The summed E-state index contributed by atoms with van der Waals surface area (Å²) in [5, 5.41) is 11.4. The molecule has 1 aliphatic carbocycles. The molecule has 3 aliphatic rings. The number of fused-ring (bicyclic) bond motifs is 1. The Bertz CT molecular complexity index is 839. The van der Waals surface area contributed by atoms with Crippen molar-refractivity contribution in [3.05, 3.63) is 47.5 Å². The summed E-state index contributed by atoms with van der Waals surface area (Å²) in [6.45, 7) is 8.26. The number of amides is 1. The topological polar surface area (TPSA) is 83.5 Å². The lowest BCUT2D eigenvalue weighted by Crippen LogP contribution is -2.50. The molecule has 8 heteroatoms. The SMILES string of the molecule is CC(C)NC(=O)CN1CCN(c2nncc(C3C=CC=C4OCCC=C43)n2)CC1.